The standard InChI is InChI=1S/C21H21FN4OS/c1-12(2)16-7-6-14(9-17(16)22)26-20(28)25(19(27)21(26,4)5)15-8-13(3)18(10-23)24-11-15/h6-9,11-12H,1-5H3. The summed E-state index contributed by atoms with van der Waals surface area (Å²) in [6, 6.07) is 8.65. The summed E-state index contributed by atoms with van der Waals surface area (Å²) >= 11 is 5.60. The summed E-state index contributed by atoms with van der Waals surface area (Å²) in [6.45, 7) is 9.10. The number of aryl methyl sites for hydroxylation is 1. The maximum absolute atomic E-state index is 14.6. The van der Waals surface area contributed by atoms with Gasteiger partial charge in [0.15, 0.2) is 5.11 Å². The first kappa shape index (κ1) is 19.9. The van der Waals surface area contributed by atoms with Crippen molar-refractivity contribution in [1.29, 1.82) is 5.26 Å². The summed E-state index contributed by atoms with van der Waals surface area (Å²) in [5.41, 5.74) is 1.57. The van der Waals surface area contributed by atoms with Gasteiger partial charge in [0, 0.05) is 5.69 Å². The Morgan fingerprint density at radius 1 is 1.25 bits per heavy atom. The molecule has 1 aliphatic rings. The van der Waals surface area contributed by atoms with E-state index in [2.05, 4.69) is 4.98 Å². The molecule has 1 aliphatic heterocycles. The van der Waals surface area contributed by atoms with Crippen LogP contribution in [0.5, 0.6) is 0 Å². The third-order valence-electron chi connectivity index (χ3n) is 4.96. The lowest BCUT2D eigenvalue weighted by Gasteiger charge is -2.29. The van der Waals surface area contributed by atoms with Crippen molar-refractivity contribution >= 4 is 34.6 Å². The number of rotatable bonds is 3. The number of aromatic nitrogens is 1. The Balaban J connectivity index is 2.07. The van der Waals surface area contributed by atoms with Gasteiger partial charge in [-0.3, -0.25) is 9.69 Å². The number of amides is 1. The molecule has 0 saturated carbocycles. The van der Waals surface area contributed by atoms with Gasteiger partial charge in [-0.2, -0.15) is 5.26 Å². The minimum Gasteiger partial charge on any atom is -0.303 e. The zero-order valence-electron chi connectivity index (χ0n) is 16.4. The molecule has 1 saturated heterocycles. The number of halogens is 1. The summed E-state index contributed by atoms with van der Waals surface area (Å²) in [6.07, 6.45) is 1.46. The first-order chi connectivity index (χ1) is 13.1. The Morgan fingerprint density at radius 3 is 2.46 bits per heavy atom. The Hall–Kier alpha value is -2.85. The van der Waals surface area contributed by atoms with Gasteiger partial charge in [0.25, 0.3) is 5.91 Å². The second-order valence-electron chi connectivity index (χ2n) is 7.65. The maximum Gasteiger partial charge on any atom is 0.259 e. The minimum absolute atomic E-state index is 0.0541. The average Bonchev–Trinajstić information content (AvgIpc) is 2.79. The van der Waals surface area contributed by atoms with Crippen LogP contribution in [0.25, 0.3) is 0 Å². The van der Waals surface area contributed by atoms with Gasteiger partial charge in [-0.05, 0) is 68.2 Å². The number of nitrogens with zero attached hydrogens (tertiary/aromatic N) is 4. The lowest BCUT2D eigenvalue weighted by Crippen LogP contribution is -2.44. The highest BCUT2D eigenvalue weighted by molar-refractivity contribution is 7.81. The van der Waals surface area contributed by atoms with Gasteiger partial charge < -0.3 is 4.90 Å². The van der Waals surface area contributed by atoms with E-state index < -0.39 is 5.54 Å². The topological polar surface area (TPSA) is 60.2 Å². The molecule has 0 aliphatic carbocycles. The maximum atomic E-state index is 14.6. The van der Waals surface area contributed by atoms with Crippen molar-refractivity contribution in [2.45, 2.75) is 46.1 Å². The fourth-order valence-corrected chi connectivity index (χ4v) is 3.90. The summed E-state index contributed by atoms with van der Waals surface area (Å²) in [5, 5.41) is 9.32. The van der Waals surface area contributed by atoms with Crippen LogP contribution in [0.4, 0.5) is 15.8 Å². The van der Waals surface area contributed by atoms with E-state index in [4.69, 9.17) is 17.5 Å². The highest BCUT2D eigenvalue weighted by Gasteiger charge is 2.50. The van der Waals surface area contributed by atoms with E-state index in [0.29, 0.717) is 28.2 Å². The molecule has 0 unspecified atom stereocenters. The van der Waals surface area contributed by atoms with Crippen LogP contribution < -0.4 is 9.80 Å². The second kappa shape index (κ2) is 6.95. The SMILES string of the molecule is Cc1cc(N2C(=O)C(C)(C)N(c3ccc(C(C)C)c(F)c3)C2=S)cnc1C#N. The molecule has 144 valence electrons. The number of thiocarbonyl (C=S) groups is 1. The molecule has 1 aromatic heterocycles. The van der Waals surface area contributed by atoms with Crippen LogP contribution in [-0.4, -0.2) is 21.5 Å². The lowest BCUT2D eigenvalue weighted by atomic mass is 10.00. The van der Waals surface area contributed by atoms with Crippen LogP contribution in [0, 0.1) is 24.1 Å². The molecule has 1 aromatic carbocycles. The van der Waals surface area contributed by atoms with Gasteiger partial charge >= 0.3 is 0 Å². The number of nitriles is 1. The molecule has 7 heteroatoms. The molecule has 0 bridgehead atoms. The summed E-state index contributed by atoms with van der Waals surface area (Å²) in [4.78, 5) is 20.3. The molecule has 1 fully saturated rings. The molecule has 28 heavy (non-hydrogen) atoms. The van der Waals surface area contributed by atoms with Crippen LogP contribution in [-0.2, 0) is 4.79 Å². The van der Waals surface area contributed by atoms with Crippen LogP contribution in [0.1, 0.15) is 50.4 Å². The van der Waals surface area contributed by atoms with E-state index in [1.165, 1.54) is 17.2 Å². The highest BCUT2D eigenvalue weighted by Crippen LogP contribution is 2.37. The van der Waals surface area contributed by atoms with Crippen molar-refractivity contribution < 1.29 is 9.18 Å². The number of carbonyl (C=O) groups excluding carboxylic acids is 1. The molecular formula is C21H21FN4OS. The molecule has 0 atom stereocenters. The summed E-state index contributed by atoms with van der Waals surface area (Å²) in [7, 11) is 0. The zero-order chi connectivity index (χ0) is 20.8. The van der Waals surface area contributed by atoms with E-state index in [1.807, 2.05) is 19.9 Å². The summed E-state index contributed by atoms with van der Waals surface area (Å²) < 4.78 is 14.6. The van der Waals surface area contributed by atoms with E-state index in [-0.39, 0.29) is 22.8 Å². The van der Waals surface area contributed by atoms with Crippen molar-refractivity contribution in [3.8, 4) is 6.07 Å². The molecular weight excluding hydrogens is 375 g/mol. The molecule has 5 nitrogen and oxygen atoms in total. The lowest BCUT2D eigenvalue weighted by molar-refractivity contribution is -0.120. The molecule has 1 amide bonds. The fourth-order valence-electron chi connectivity index (χ4n) is 3.38. The molecule has 0 spiro atoms. The Kier molecular flexibility index (Phi) is 4.94. The van der Waals surface area contributed by atoms with Gasteiger partial charge in [0.2, 0.25) is 0 Å². The average molecular weight is 396 g/mol. The minimum atomic E-state index is -0.995. The third-order valence-corrected chi connectivity index (χ3v) is 5.33. The van der Waals surface area contributed by atoms with Crippen LogP contribution in [0.2, 0.25) is 0 Å². The van der Waals surface area contributed by atoms with E-state index in [9.17, 15) is 9.18 Å². The zero-order valence-corrected chi connectivity index (χ0v) is 17.3. The van der Waals surface area contributed by atoms with E-state index in [0.717, 1.165) is 0 Å². The van der Waals surface area contributed by atoms with Gasteiger partial charge in [-0.15, -0.1) is 0 Å². The van der Waals surface area contributed by atoms with Crippen LogP contribution in [0.3, 0.4) is 0 Å². The first-order valence-electron chi connectivity index (χ1n) is 8.94. The predicted octanol–water partition coefficient (Wildman–Crippen LogP) is 4.44. The second-order valence-corrected chi connectivity index (χ2v) is 8.01. The molecule has 2 heterocycles. The van der Waals surface area contributed by atoms with Crippen molar-refractivity contribution in [3.63, 3.8) is 0 Å². The fraction of sp³-hybridized carbons (Fsp3) is 0.333. The Bertz CT molecular complexity index is 1030. The third kappa shape index (κ3) is 3.04. The van der Waals surface area contributed by atoms with E-state index >= 15 is 0 Å². The Labute approximate surface area is 169 Å². The number of benzene rings is 1. The van der Waals surface area contributed by atoms with Crippen molar-refractivity contribution in [1.82, 2.24) is 4.98 Å². The number of hydrogen-bond acceptors (Lipinski definition) is 4. The molecule has 0 radical (unpaired) electrons. The molecule has 3 rings (SSSR count). The predicted molar refractivity (Wildman–Crippen MR) is 111 cm³/mol. The number of hydrogen-bond donors (Lipinski definition) is 0. The quantitative estimate of drug-likeness (QED) is 0.718. The van der Waals surface area contributed by atoms with E-state index in [1.54, 1.807) is 43.9 Å². The van der Waals surface area contributed by atoms with Crippen molar-refractivity contribution in [2.24, 2.45) is 0 Å². The Morgan fingerprint density at radius 2 is 1.93 bits per heavy atom. The largest absolute Gasteiger partial charge is 0.303 e. The van der Waals surface area contributed by atoms with Gasteiger partial charge in [0.1, 0.15) is 23.1 Å². The number of anilines is 2. The number of carbonyl (C=O) groups is 1. The number of pyridine rings is 1. The van der Waals surface area contributed by atoms with Crippen molar-refractivity contribution in [3.05, 3.63) is 53.1 Å². The van der Waals surface area contributed by atoms with Gasteiger partial charge in [0.05, 0.1) is 11.9 Å². The van der Waals surface area contributed by atoms with Gasteiger partial charge in [-0.1, -0.05) is 19.9 Å². The smallest absolute Gasteiger partial charge is 0.259 e. The monoisotopic (exact) mass is 396 g/mol. The molecule has 0 N–H and O–H groups in total. The van der Waals surface area contributed by atoms with Crippen LogP contribution in [0.15, 0.2) is 30.5 Å². The normalized spacial score (nSPS) is 16.1. The first-order valence-corrected chi connectivity index (χ1v) is 9.35. The summed E-state index contributed by atoms with van der Waals surface area (Å²) in [5.74, 6) is -0.511. The van der Waals surface area contributed by atoms with Gasteiger partial charge in [-0.25, -0.2) is 9.37 Å². The van der Waals surface area contributed by atoms with Crippen LogP contribution >= 0.6 is 12.2 Å². The van der Waals surface area contributed by atoms with Crippen molar-refractivity contribution in [2.75, 3.05) is 9.80 Å². The molecule has 2 aromatic rings. The highest BCUT2D eigenvalue weighted by atomic mass is 32.1.